The highest BCUT2D eigenvalue weighted by atomic mass is 32.1. The summed E-state index contributed by atoms with van der Waals surface area (Å²) in [7, 11) is 5.19. The van der Waals surface area contributed by atoms with E-state index in [1.165, 1.54) is 21.3 Å². The number of ether oxygens (including phenoxy) is 3. The Morgan fingerprint density at radius 1 is 1.23 bits per heavy atom. The second-order valence-corrected chi connectivity index (χ2v) is 3.37. The Hall–Kier alpha value is 0.407. The number of hydrogen-bond donors (Lipinski definition) is 1. The normalized spacial score (nSPS) is 14.8. The molecule has 0 saturated heterocycles. The van der Waals surface area contributed by atoms with Crippen LogP contribution in [0.25, 0.3) is 0 Å². The molecule has 0 bridgehead atoms. The molecule has 0 radical (unpaired) electrons. The SMILES string of the molecule is COC(OC)(OC)C(CCS)O[SiH3]. The lowest BCUT2D eigenvalue weighted by Crippen LogP contribution is -2.49. The lowest BCUT2D eigenvalue weighted by Gasteiger charge is -2.35. The average molecular weight is 226 g/mol. The number of thiol groups is 1. The van der Waals surface area contributed by atoms with Gasteiger partial charge in [-0.2, -0.15) is 12.6 Å². The van der Waals surface area contributed by atoms with Gasteiger partial charge in [0, 0.05) is 21.3 Å². The minimum atomic E-state index is -1.09. The zero-order valence-corrected chi connectivity index (χ0v) is 11.5. The Kier molecular flexibility index (Phi) is 7.01. The molecule has 0 N–H and O–H groups in total. The van der Waals surface area contributed by atoms with Crippen LogP contribution in [0.5, 0.6) is 0 Å². The first-order valence-electron chi connectivity index (χ1n) is 3.99. The van der Waals surface area contributed by atoms with E-state index in [9.17, 15) is 0 Å². The highest BCUT2D eigenvalue weighted by molar-refractivity contribution is 7.80. The first kappa shape index (κ1) is 13.4. The fraction of sp³-hybridized carbons (Fsp3) is 1.00. The maximum Gasteiger partial charge on any atom is 0.308 e. The summed E-state index contributed by atoms with van der Waals surface area (Å²) in [6.45, 7) is 0. The zero-order chi connectivity index (χ0) is 10.3. The van der Waals surface area contributed by atoms with Crippen LogP contribution in [0.4, 0.5) is 0 Å². The molecule has 80 valence electrons. The molecule has 0 heterocycles. The van der Waals surface area contributed by atoms with E-state index in [4.69, 9.17) is 18.6 Å². The van der Waals surface area contributed by atoms with E-state index in [1.807, 2.05) is 0 Å². The van der Waals surface area contributed by atoms with E-state index < -0.39 is 5.97 Å². The Morgan fingerprint density at radius 3 is 1.92 bits per heavy atom. The van der Waals surface area contributed by atoms with E-state index in [0.29, 0.717) is 16.2 Å². The Labute approximate surface area is 87.8 Å². The van der Waals surface area contributed by atoms with Gasteiger partial charge in [-0.3, -0.25) is 0 Å². The van der Waals surface area contributed by atoms with Crippen molar-refractivity contribution in [1.82, 2.24) is 0 Å². The minimum absolute atomic E-state index is 0.225. The van der Waals surface area contributed by atoms with Crippen molar-refractivity contribution in [3.63, 3.8) is 0 Å². The van der Waals surface area contributed by atoms with Gasteiger partial charge in [-0.1, -0.05) is 0 Å². The van der Waals surface area contributed by atoms with E-state index >= 15 is 0 Å². The van der Waals surface area contributed by atoms with Crippen LogP contribution in [0.1, 0.15) is 6.42 Å². The third-order valence-electron chi connectivity index (χ3n) is 1.92. The molecule has 0 spiro atoms. The van der Waals surface area contributed by atoms with Crippen molar-refractivity contribution in [2.24, 2.45) is 0 Å². The van der Waals surface area contributed by atoms with Crippen molar-refractivity contribution in [1.29, 1.82) is 0 Å². The van der Waals surface area contributed by atoms with E-state index in [-0.39, 0.29) is 6.10 Å². The monoisotopic (exact) mass is 226 g/mol. The molecule has 0 aliphatic heterocycles. The lowest BCUT2D eigenvalue weighted by atomic mass is 10.2. The molecule has 0 rings (SSSR count). The van der Waals surface area contributed by atoms with Crippen LogP contribution in [0.2, 0.25) is 0 Å². The summed E-state index contributed by atoms with van der Waals surface area (Å²) >= 11 is 4.13. The summed E-state index contributed by atoms with van der Waals surface area (Å²) in [6.07, 6.45) is 0.499. The van der Waals surface area contributed by atoms with Crippen LogP contribution >= 0.6 is 12.6 Å². The molecule has 4 nitrogen and oxygen atoms in total. The maximum absolute atomic E-state index is 5.34. The molecule has 0 aromatic rings. The lowest BCUT2D eigenvalue weighted by molar-refractivity contribution is -0.384. The van der Waals surface area contributed by atoms with Gasteiger partial charge < -0.3 is 18.6 Å². The van der Waals surface area contributed by atoms with Gasteiger partial charge in [0.2, 0.25) is 0 Å². The summed E-state index contributed by atoms with van der Waals surface area (Å²) in [4.78, 5) is 0. The van der Waals surface area contributed by atoms with Gasteiger partial charge in [-0.25, -0.2) is 0 Å². The molecule has 13 heavy (non-hydrogen) atoms. The number of methoxy groups -OCH3 is 3. The minimum Gasteiger partial charge on any atom is -0.417 e. The van der Waals surface area contributed by atoms with Crippen LogP contribution < -0.4 is 0 Å². The van der Waals surface area contributed by atoms with E-state index in [2.05, 4.69) is 12.6 Å². The largest absolute Gasteiger partial charge is 0.417 e. The smallest absolute Gasteiger partial charge is 0.308 e. The fourth-order valence-corrected chi connectivity index (χ4v) is 1.96. The molecule has 0 aromatic heterocycles. The van der Waals surface area contributed by atoms with Gasteiger partial charge in [0.15, 0.2) is 0 Å². The third kappa shape index (κ3) is 3.23. The first-order chi connectivity index (χ1) is 6.20. The quantitative estimate of drug-likeness (QED) is 0.363. The molecule has 0 aliphatic rings. The predicted octanol–water partition coefficient (Wildman–Crippen LogP) is -0.435. The highest BCUT2D eigenvalue weighted by Crippen LogP contribution is 2.22. The second-order valence-electron chi connectivity index (χ2n) is 2.45. The van der Waals surface area contributed by atoms with Crippen molar-refractivity contribution in [3.8, 4) is 0 Å². The standard InChI is InChI=1S/C7H18O4SSi/c1-8-7(9-2,10-3)6(11-13)4-5-12/h6,12H,4-5H2,1-3,13H3. The number of rotatable bonds is 7. The molecule has 1 atom stereocenters. The van der Waals surface area contributed by atoms with Crippen LogP contribution in [0, 0.1) is 0 Å². The van der Waals surface area contributed by atoms with E-state index in [1.54, 1.807) is 0 Å². The third-order valence-corrected chi connectivity index (χ3v) is 2.75. The van der Waals surface area contributed by atoms with E-state index in [0.717, 1.165) is 6.42 Å². The molecule has 6 heteroatoms. The van der Waals surface area contributed by atoms with Crippen molar-refractivity contribution >= 4 is 23.1 Å². The molecule has 0 saturated carbocycles. The predicted molar refractivity (Wildman–Crippen MR) is 57.0 cm³/mol. The topological polar surface area (TPSA) is 36.9 Å². The number of hydrogen-bond acceptors (Lipinski definition) is 5. The van der Waals surface area contributed by atoms with Crippen molar-refractivity contribution < 1.29 is 18.6 Å². The molecule has 1 unspecified atom stereocenters. The first-order valence-corrected chi connectivity index (χ1v) is 5.44. The van der Waals surface area contributed by atoms with Crippen LogP contribution in [0.15, 0.2) is 0 Å². The van der Waals surface area contributed by atoms with Gasteiger partial charge in [0.05, 0.1) is 0 Å². The summed E-state index contributed by atoms with van der Waals surface area (Å²) in [6, 6.07) is 0. The second kappa shape index (κ2) is 6.80. The maximum atomic E-state index is 5.34. The Bertz CT molecular complexity index is 123. The Morgan fingerprint density at radius 2 is 1.69 bits per heavy atom. The van der Waals surface area contributed by atoms with Gasteiger partial charge in [0.25, 0.3) is 0 Å². The van der Waals surface area contributed by atoms with Crippen LogP contribution in [-0.2, 0) is 18.6 Å². The van der Waals surface area contributed by atoms with Crippen molar-refractivity contribution in [2.75, 3.05) is 27.1 Å². The molecule has 0 aliphatic carbocycles. The van der Waals surface area contributed by atoms with Crippen LogP contribution in [-0.4, -0.2) is 49.6 Å². The highest BCUT2D eigenvalue weighted by Gasteiger charge is 2.39. The molecule has 0 amide bonds. The fourth-order valence-electron chi connectivity index (χ4n) is 1.20. The van der Waals surface area contributed by atoms with Crippen molar-refractivity contribution in [2.45, 2.75) is 18.5 Å². The summed E-state index contributed by atoms with van der Waals surface area (Å²) in [5.41, 5.74) is 0. The molecular weight excluding hydrogens is 208 g/mol. The molecule has 0 aromatic carbocycles. The van der Waals surface area contributed by atoms with Crippen molar-refractivity contribution in [3.05, 3.63) is 0 Å². The van der Waals surface area contributed by atoms with Gasteiger partial charge in [0.1, 0.15) is 16.6 Å². The Balaban J connectivity index is 4.45. The summed E-state index contributed by atoms with van der Waals surface area (Å²) < 4.78 is 20.8. The van der Waals surface area contributed by atoms with Gasteiger partial charge in [-0.15, -0.1) is 0 Å². The molecular formula is C7H18O4SSi. The van der Waals surface area contributed by atoms with Gasteiger partial charge >= 0.3 is 5.97 Å². The van der Waals surface area contributed by atoms with Gasteiger partial charge in [-0.05, 0) is 12.2 Å². The zero-order valence-electron chi connectivity index (χ0n) is 8.57. The summed E-state index contributed by atoms with van der Waals surface area (Å²) in [5.74, 6) is -0.394. The summed E-state index contributed by atoms with van der Waals surface area (Å²) in [5, 5.41) is 0. The van der Waals surface area contributed by atoms with Crippen LogP contribution in [0.3, 0.4) is 0 Å². The molecule has 0 fully saturated rings. The average Bonchev–Trinajstić information content (AvgIpc) is 2.19.